The molecule has 0 bridgehead atoms. The Hall–Kier alpha value is -3.67. The minimum Gasteiger partial charge on any atom is -0.462 e. The van der Waals surface area contributed by atoms with E-state index in [-0.39, 0.29) is 31.1 Å². The van der Waals surface area contributed by atoms with E-state index in [1.54, 1.807) is 0 Å². The number of ether oxygens (including phenoxy) is 3. The molecule has 0 aromatic heterocycles. The van der Waals surface area contributed by atoms with E-state index in [0.29, 0.717) is 19.3 Å². The first kappa shape index (κ1) is 75.3. The van der Waals surface area contributed by atoms with Crippen LogP contribution in [-0.2, 0) is 28.6 Å². The zero-order valence-corrected chi connectivity index (χ0v) is 52.1. The number of allylic oxidation sites excluding steroid dienone is 16. The number of carbonyl (C=O) groups excluding carboxylic acids is 3. The molecule has 0 aliphatic carbocycles. The Morgan fingerprint density at radius 3 is 0.772 bits per heavy atom. The van der Waals surface area contributed by atoms with Crippen LogP contribution < -0.4 is 0 Å². The van der Waals surface area contributed by atoms with E-state index in [1.807, 2.05) is 0 Å². The Morgan fingerprint density at radius 2 is 0.494 bits per heavy atom. The molecule has 0 amide bonds. The molecular weight excluding hydrogens is 973 g/mol. The van der Waals surface area contributed by atoms with Gasteiger partial charge in [-0.2, -0.15) is 0 Å². The number of hydrogen-bond donors (Lipinski definition) is 0. The van der Waals surface area contributed by atoms with Crippen LogP contribution in [0.1, 0.15) is 329 Å². The number of rotatable bonds is 61. The van der Waals surface area contributed by atoms with Gasteiger partial charge in [0.2, 0.25) is 0 Å². The van der Waals surface area contributed by atoms with Gasteiger partial charge in [-0.1, -0.05) is 323 Å². The Labute approximate surface area is 489 Å². The summed E-state index contributed by atoms with van der Waals surface area (Å²) in [4.78, 5) is 38.3. The average Bonchev–Trinajstić information content (AvgIpc) is 3.45. The maximum absolute atomic E-state index is 12.9. The molecule has 79 heavy (non-hydrogen) atoms. The van der Waals surface area contributed by atoms with Crippen LogP contribution in [-0.4, -0.2) is 37.2 Å². The standard InChI is InChI=1S/C73H126O6/c1-4-7-10-13-16-19-22-25-27-29-31-33-34-35-36-37-38-39-40-41-43-44-46-48-51-54-57-60-63-66-72(75)78-69-70(68-77-71(74)65-62-59-56-53-50-24-21-18-15-12-9-6-3)79-73(76)67-64-61-58-55-52-49-47-45-42-32-30-28-26-23-20-17-14-11-8-5-2/h7,10,16,19,25,27,31,33,35-36,38-39,41,43,46,48,70H,4-6,8-9,11-15,17-18,20-24,26,28-30,32,34,37,40,42,44-45,47,49-69H2,1-3H3/b10-7-,19-16-,27-25-,33-31-,36-35-,39-38-,43-41-,48-46-. The number of carbonyl (C=O) groups is 3. The zero-order valence-electron chi connectivity index (χ0n) is 52.1. The molecule has 0 radical (unpaired) electrons. The minimum atomic E-state index is -0.786. The number of hydrogen-bond acceptors (Lipinski definition) is 6. The smallest absolute Gasteiger partial charge is 0.306 e. The summed E-state index contributed by atoms with van der Waals surface area (Å²) in [5, 5.41) is 0. The van der Waals surface area contributed by atoms with Gasteiger partial charge in [-0.3, -0.25) is 14.4 Å². The maximum Gasteiger partial charge on any atom is 0.306 e. The van der Waals surface area contributed by atoms with Gasteiger partial charge in [0.05, 0.1) is 0 Å². The lowest BCUT2D eigenvalue weighted by Crippen LogP contribution is -2.30. The van der Waals surface area contributed by atoms with Gasteiger partial charge in [0.15, 0.2) is 6.10 Å². The van der Waals surface area contributed by atoms with Gasteiger partial charge in [-0.25, -0.2) is 0 Å². The van der Waals surface area contributed by atoms with Crippen molar-refractivity contribution in [1.29, 1.82) is 0 Å². The van der Waals surface area contributed by atoms with Crippen molar-refractivity contribution in [2.45, 2.75) is 335 Å². The third kappa shape index (κ3) is 65.0. The van der Waals surface area contributed by atoms with Gasteiger partial charge in [0.1, 0.15) is 13.2 Å². The summed E-state index contributed by atoms with van der Waals surface area (Å²) >= 11 is 0. The van der Waals surface area contributed by atoms with E-state index >= 15 is 0 Å². The molecule has 6 nitrogen and oxygen atoms in total. The van der Waals surface area contributed by atoms with Gasteiger partial charge in [-0.05, 0) is 83.5 Å². The Kier molecular flexibility index (Phi) is 63.7. The van der Waals surface area contributed by atoms with Gasteiger partial charge in [0.25, 0.3) is 0 Å². The topological polar surface area (TPSA) is 78.9 Å². The van der Waals surface area contributed by atoms with E-state index in [9.17, 15) is 14.4 Å². The third-order valence-electron chi connectivity index (χ3n) is 14.6. The molecule has 454 valence electrons. The van der Waals surface area contributed by atoms with E-state index in [4.69, 9.17) is 14.2 Å². The highest BCUT2D eigenvalue weighted by atomic mass is 16.6. The molecular formula is C73H126O6. The minimum absolute atomic E-state index is 0.0812. The Bertz CT molecular complexity index is 1540. The first-order chi connectivity index (χ1) is 39.0. The number of unbranched alkanes of at least 4 members (excludes halogenated alkanes) is 34. The lowest BCUT2D eigenvalue weighted by Gasteiger charge is -2.18. The van der Waals surface area contributed by atoms with Crippen LogP contribution in [0.4, 0.5) is 0 Å². The molecule has 0 heterocycles. The summed E-state index contributed by atoms with van der Waals surface area (Å²) < 4.78 is 16.9. The first-order valence-corrected chi connectivity index (χ1v) is 33.7. The summed E-state index contributed by atoms with van der Waals surface area (Å²) in [6, 6.07) is 0. The fourth-order valence-corrected chi connectivity index (χ4v) is 9.58. The monoisotopic (exact) mass is 1100 g/mol. The predicted octanol–water partition coefficient (Wildman–Crippen LogP) is 23.2. The summed E-state index contributed by atoms with van der Waals surface area (Å²) in [7, 11) is 0. The highest BCUT2D eigenvalue weighted by Crippen LogP contribution is 2.17. The largest absolute Gasteiger partial charge is 0.462 e. The molecule has 1 unspecified atom stereocenters. The normalized spacial score (nSPS) is 12.7. The van der Waals surface area contributed by atoms with Crippen molar-refractivity contribution in [2.75, 3.05) is 13.2 Å². The molecule has 0 N–H and O–H groups in total. The van der Waals surface area contributed by atoms with Crippen molar-refractivity contribution in [3.05, 3.63) is 97.2 Å². The van der Waals surface area contributed by atoms with Crippen molar-refractivity contribution in [3.8, 4) is 0 Å². The quantitative estimate of drug-likeness (QED) is 0.0261. The molecule has 0 aromatic carbocycles. The SMILES string of the molecule is CC/C=C\C/C=C\C/C=C\C/C=C\C/C=C\C/C=C\C/C=C\C/C=C\CCCCCCC(=O)OCC(COC(=O)CCCCCCCCCCCCCC)OC(=O)CCCCCCCCCCCCCCCCCCCCCC. The number of esters is 3. The van der Waals surface area contributed by atoms with E-state index in [0.717, 1.165) is 122 Å². The fourth-order valence-electron chi connectivity index (χ4n) is 9.58. The fraction of sp³-hybridized carbons (Fsp3) is 0.740. The van der Waals surface area contributed by atoms with Crippen molar-refractivity contribution in [1.82, 2.24) is 0 Å². The van der Waals surface area contributed by atoms with E-state index in [2.05, 4.69) is 118 Å². The van der Waals surface area contributed by atoms with Gasteiger partial charge < -0.3 is 14.2 Å². The Balaban J connectivity index is 4.33. The molecule has 0 fully saturated rings. The van der Waals surface area contributed by atoms with Crippen LogP contribution in [0.25, 0.3) is 0 Å². The van der Waals surface area contributed by atoms with Crippen LogP contribution in [0.3, 0.4) is 0 Å². The summed E-state index contributed by atoms with van der Waals surface area (Å²) in [5.74, 6) is -0.892. The van der Waals surface area contributed by atoms with Crippen LogP contribution in [0, 0.1) is 0 Å². The molecule has 0 saturated heterocycles. The average molecular weight is 1100 g/mol. The van der Waals surface area contributed by atoms with Gasteiger partial charge in [0, 0.05) is 19.3 Å². The van der Waals surface area contributed by atoms with E-state index in [1.165, 1.54) is 167 Å². The highest BCUT2D eigenvalue weighted by molar-refractivity contribution is 5.71. The lowest BCUT2D eigenvalue weighted by molar-refractivity contribution is -0.167. The summed E-state index contributed by atoms with van der Waals surface area (Å²) in [5.41, 5.74) is 0. The van der Waals surface area contributed by atoms with Crippen LogP contribution >= 0.6 is 0 Å². The first-order valence-electron chi connectivity index (χ1n) is 33.7. The summed E-state index contributed by atoms with van der Waals surface area (Å²) in [6.45, 7) is 6.54. The van der Waals surface area contributed by atoms with Crippen LogP contribution in [0.15, 0.2) is 97.2 Å². The van der Waals surface area contributed by atoms with Crippen molar-refractivity contribution in [2.24, 2.45) is 0 Å². The second kappa shape index (κ2) is 66.8. The molecule has 0 spiro atoms. The molecule has 0 saturated carbocycles. The third-order valence-corrected chi connectivity index (χ3v) is 14.6. The summed E-state index contributed by atoms with van der Waals surface area (Å²) in [6.07, 6.45) is 89.9. The molecule has 0 aliphatic rings. The Morgan fingerprint density at radius 1 is 0.266 bits per heavy atom. The molecule has 1 atom stereocenters. The van der Waals surface area contributed by atoms with Crippen molar-refractivity contribution >= 4 is 17.9 Å². The van der Waals surface area contributed by atoms with Crippen LogP contribution in [0.2, 0.25) is 0 Å². The predicted molar refractivity (Wildman–Crippen MR) is 344 cm³/mol. The zero-order chi connectivity index (χ0) is 57.1. The second-order valence-electron chi connectivity index (χ2n) is 22.4. The molecule has 0 aromatic rings. The highest BCUT2D eigenvalue weighted by Gasteiger charge is 2.19. The lowest BCUT2D eigenvalue weighted by atomic mass is 10.0. The molecule has 6 heteroatoms. The maximum atomic E-state index is 12.9. The van der Waals surface area contributed by atoms with Gasteiger partial charge in [-0.15, -0.1) is 0 Å². The van der Waals surface area contributed by atoms with Gasteiger partial charge >= 0.3 is 17.9 Å². The second-order valence-corrected chi connectivity index (χ2v) is 22.4. The molecule has 0 rings (SSSR count). The van der Waals surface area contributed by atoms with Crippen molar-refractivity contribution in [3.63, 3.8) is 0 Å². The van der Waals surface area contributed by atoms with Crippen LogP contribution in [0.5, 0.6) is 0 Å². The molecule has 0 aliphatic heterocycles. The van der Waals surface area contributed by atoms with E-state index < -0.39 is 6.10 Å². The van der Waals surface area contributed by atoms with Crippen molar-refractivity contribution < 1.29 is 28.6 Å².